The lowest BCUT2D eigenvalue weighted by molar-refractivity contribution is 0.0966. The summed E-state index contributed by atoms with van der Waals surface area (Å²) >= 11 is 5.09. The summed E-state index contributed by atoms with van der Waals surface area (Å²) in [6, 6.07) is 47.8. The van der Waals surface area contributed by atoms with E-state index in [2.05, 4.69) is 35.0 Å². The first-order valence-electron chi connectivity index (χ1n) is 14.7. The summed E-state index contributed by atoms with van der Waals surface area (Å²) < 4.78 is 0. The fourth-order valence-corrected chi connectivity index (χ4v) is 8.76. The number of carbonyl (C=O) groups is 2. The molecule has 0 aliphatic carbocycles. The van der Waals surface area contributed by atoms with E-state index in [0.29, 0.717) is 11.1 Å². The van der Waals surface area contributed by atoms with Gasteiger partial charge in [-0.1, -0.05) is 121 Å². The fraction of sp³-hybridized carbons (Fsp3) is 0.0500. The Morgan fingerprint density at radius 1 is 0.400 bits per heavy atom. The number of rotatable bonds is 10. The molecule has 0 fully saturated rings. The van der Waals surface area contributed by atoms with Crippen molar-refractivity contribution in [2.75, 3.05) is 0 Å². The summed E-state index contributed by atoms with van der Waals surface area (Å²) in [5.74, 6) is -0.533. The van der Waals surface area contributed by atoms with Crippen LogP contribution < -0.4 is 0 Å². The normalized spacial score (nSPS) is 12.4. The Hall–Kier alpha value is -4.68. The van der Waals surface area contributed by atoms with E-state index in [1.54, 1.807) is 34.0 Å². The van der Waals surface area contributed by atoms with E-state index in [0.717, 1.165) is 41.8 Å². The summed E-state index contributed by atoms with van der Waals surface area (Å²) in [6.07, 6.45) is 0. The Balaban J connectivity index is 1.18. The Labute approximate surface area is 274 Å². The molecule has 0 amide bonds. The van der Waals surface area contributed by atoms with E-state index in [1.165, 1.54) is 0 Å². The number of ketones is 2. The predicted octanol–water partition coefficient (Wildman–Crippen LogP) is 11.2. The highest BCUT2D eigenvalue weighted by molar-refractivity contribution is 7.25. The van der Waals surface area contributed by atoms with Crippen LogP contribution in [0.5, 0.6) is 0 Å². The molecule has 2 atom stereocenters. The number of thiophene rings is 3. The molecule has 0 aliphatic heterocycles. The van der Waals surface area contributed by atoms with Crippen LogP contribution >= 0.6 is 34.0 Å². The van der Waals surface area contributed by atoms with Crippen molar-refractivity contribution < 1.29 is 9.59 Å². The van der Waals surface area contributed by atoms with Crippen LogP contribution in [-0.4, -0.2) is 11.6 Å². The molecule has 0 spiro atoms. The van der Waals surface area contributed by atoms with Gasteiger partial charge in [0.05, 0.1) is 11.8 Å². The van der Waals surface area contributed by atoms with Gasteiger partial charge >= 0.3 is 0 Å². The molecule has 45 heavy (non-hydrogen) atoms. The number of hydrogen-bond acceptors (Lipinski definition) is 5. The van der Waals surface area contributed by atoms with Crippen molar-refractivity contribution in [3.8, 4) is 19.5 Å². The highest BCUT2D eigenvalue weighted by atomic mass is 32.1. The zero-order chi connectivity index (χ0) is 30.6. The Morgan fingerprint density at radius 2 is 0.756 bits per heavy atom. The molecule has 218 valence electrons. The van der Waals surface area contributed by atoms with Crippen molar-refractivity contribution in [2.45, 2.75) is 11.8 Å². The molecule has 0 N–H and O–H groups in total. The highest BCUT2D eigenvalue weighted by Gasteiger charge is 2.27. The van der Waals surface area contributed by atoms with E-state index in [1.807, 2.05) is 121 Å². The largest absolute Gasteiger partial charge is 0.293 e. The van der Waals surface area contributed by atoms with Crippen LogP contribution in [0.4, 0.5) is 0 Å². The van der Waals surface area contributed by atoms with Gasteiger partial charge in [0.1, 0.15) is 0 Å². The summed E-state index contributed by atoms with van der Waals surface area (Å²) in [5, 5.41) is 4.24. The molecule has 3 heterocycles. The van der Waals surface area contributed by atoms with Crippen LogP contribution in [0.15, 0.2) is 156 Å². The molecular weight excluding hydrogens is 609 g/mol. The molecule has 7 aromatic rings. The molecule has 0 aliphatic rings. The van der Waals surface area contributed by atoms with Gasteiger partial charge in [0.25, 0.3) is 0 Å². The van der Waals surface area contributed by atoms with E-state index in [4.69, 9.17) is 0 Å². The minimum Gasteiger partial charge on any atom is -0.293 e. The van der Waals surface area contributed by atoms with Crippen LogP contribution in [0.25, 0.3) is 19.5 Å². The maximum absolute atomic E-state index is 13.8. The van der Waals surface area contributed by atoms with Gasteiger partial charge in [-0.3, -0.25) is 9.59 Å². The minimum atomic E-state index is -0.366. The molecule has 2 nitrogen and oxygen atoms in total. The second-order valence-electron chi connectivity index (χ2n) is 10.8. The third-order valence-corrected chi connectivity index (χ3v) is 11.3. The summed E-state index contributed by atoms with van der Waals surface area (Å²) in [5.41, 5.74) is 5.43. The van der Waals surface area contributed by atoms with Gasteiger partial charge in [0.2, 0.25) is 0 Å². The van der Waals surface area contributed by atoms with Gasteiger partial charge < -0.3 is 0 Å². The second kappa shape index (κ2) is 13.1. The average Bonchev–Trinajstić information content (AvgIpc) is 3.89. The summed E-state index contributed by atoms with van der Waals surface area (Å²) in [4.78, 5) is 32.1. The maximum atomic E-state index is 13.8. The monoisotopic (exact) mass is 636 g/mol. The van der Waals surface area contributed by atoms with Gasteiger partial charge in [-0.05, 0) is 57.3 Å². The first-order valence-corrected chi connectivity index (χ1v) is 17.3. The maximum Gasteiger partial charge on any atom is 0.174 e. The Bertz CT molecular complexity index is 1890. The lowest BCUT2D eigenvalue weighted by Gasteiger charge is -2.15. The molecule has 2 unspecified atom stereocenters. The van der Waals surface area contributed by atoms with Gasteiger partial charge in [0, 0.05) is 30.6 Å². The van der Waals surface area contributed by atoms with Crippen LogP contribution in [0.2, 0.25) is 0 Å². The van der Waals surface area contributed by atoms with Crippen molar-refractivity contribution >= 4 is 45.6 Å². The molecule has 0 saturated heterocycles. The number of hydrogen-bond donors (Lipinski definition) is 0. The van der Waals surface area contributed by atoms with E-state index >= 15 is 0 Å². The van der Waals surface area contributed by atoms with Crippen LogP contribution in [0.3, 0.4) is 0 Å². The minimum absolute atomic E-state index is 0.0992. The third-order valence-electron chi connectivity index (χ3n) is 7.90. The first kappa shape index (κ1) is 29.1. The molecule has 0 radical (unpaired) electrons. The number of benzene rings is 4. The van der Waals surface area contributed by atoms with Gasteiger partial charge in [-0.2, -0.15) is 0 Å². The number of carbonyl (C=O) groups excluding carboxylic acids is 2. The van der Waals surface area contributed by atoms with E-state index in [-0.39, 0.29) is 23.4 Å². The summed E-state index contributed by atoms with van der Waals surface area (Å²) in [6.45, 7) is 0. The number of Topliss-reactive ketones (excluding diaryl/α,β-unsaturated/α-hetero) is 2. The van der Waals surface area contributed by atoms with Gasteiger partial charge in [0.15, 0.2) is 11.6 Å². The molecule has 7 rings (SSSR count). The Kier molecular flexibility index (Phi) is 8.48. The second-order valence-corrected chi connectivity index (χ2v) is 13.7. The first-order chi connectivity index (χ1) is 22.2. The zero-order valence-electron chi connectivity index (χ0n) is 24.2. The molecule has 4 aromatic carbocycles. The van der Waals surface area contributed by atoms with E-state index < -0.39 is 0 Å². The molecule has 0 saturated carbocycles. The predicted molar refractivity (Wildman–Crippen MR) is 189 cm³/mol. The van der Waals surface area contributed by atoms with Crippen LogP contribution in [0.1, 0.15) is 54.8 Å². The molecule has 0 bridgehead atoms. The van der Waals surface area contributed by atoms with Crippen LogP contribution in [0, 0.1) is 0 Å². The van der Waals surface area contributed by atoms with Crippen molar-refractivity contribution in [2.24, 2.45) is 0 Å². The topological polar surface area (TPSA) is 34.1 Å². The average molecular weight is 637 g/mol. The molecule has 3 aromatic heterocycles. The Morgan fingerprint density at radius 3 is 1.13 bits per heavy atom. The lowest BCUT2D eigenvalue weighted by atomic mass is 9.86. The van der Waals surface area contributed by atoms with E-state index in [9.17, 15) is 9.59 Å². The SMILES string of the molecule is O=C(c1ccccc1)C(c1ccccc1)c1csc(-c2ccc(-c3cc(C(C(=O)c4ccccc4)c4ccccc4)cs3)s2)c1. The van der Waals surface area contributed by atoms with Crippen molar-refractivity contribution in [3.63, 3.8) is 0 Å². The standard InChI is InChI=1S/C40H28O2S3/c41-39(29-17-9-3-10-18-29)37(27-13-5-1-6-14-27)31-23-35(43-25-31)33-21-22-34(45-33)36-24-32(26-44-36)38(28-15-7-2-8-16-28)40(42)30-19-11-4-12-20-30/h1-26,37-38H. The van der Waals surface area contributed by atoms with Crippen LogP contribution in [-0.2, 0) is 0 Å². The highest BCUT2D eigenvalue weighted by Crippen LogP contribution is 2.43. The van der Waals surface area contributed by atoms with Gasteiger partial charge in [-0.25, -0.2) is 0 Å². The smallest absolute Gasteiger partial charge is 0.174 e. The molecular formula is C40H28O2S3. The molecule has 5 heteroatoms. The van der Waals surface area contributed by atoms with Crippen molar-refractivity contribution in [1.29, 1.82) is 0 Å². The van der Waals surface area contributed by atoms with Gasteiger partial charge in [-0.15, -0.1) is 34.0 Å². The summed E-state index contributed by atoms with van der Waals surface area (Å²) in [7, 11) is 0. The quantitative estimate of drug-likeness (QED) is 0.140. The third kappa shape index (κ3) is 6.16. The van der Waals surface area contributed by atoms with Crippen molar-refractivity contribution in [1.82, 2.24) is 0 Å². The fourth-order valence-electron chi connectivity index (χ4n) is 5.69. The lowest BCUT2D eigenvalue weighted by Crippen LogP contribution is -2.13. The van der Waals surface area contributed by atoms with Crippen molar-refractivity contribution in [3.05, 3.63) is 190 Å². The zero-order valence-corrected chi connectivity index (χ0v) is 26.7.